The summed E-state index contributed by atoms with van der Waals surface area (Å²) in [4.78, 5) is 11.6. The van der Waals surface area contributed by atoms with Gasteiger partial charge < -0.3 is 15.7 Å². The van der Waals surface area contributed by atoms with Gasteiger partial charge in [0.25, 0.3) is 0 Å². The minimum Gasteiger partial charge on any atom is -0.386 e. The number of anilines is 1. The van der Waals surface area contributed by atoms with Gasteiger partial charge in [-0.3, -0.25) is 0 Å². The average molecular weight is 274 g/mol. The summed E-state index contributed by atoms with van der Waals surface area (Å²) in [7, 11) is 0. The number of hydrogen-bond donors (Lipinski definition) is 3. The fourth-order valence-corrected chi connectivity index (χ4v) is 1.74. The lowest BCUT2D eigenvalue weighted by Gasteiger charge is -2.13. The molecule has 0 aliphatic rings. The van der Waals surface area contributed by atoms with E-state index in [1.54, 1.807) is 36.4 Å². The van der Waals surface area contributed by atoms with Gasteiger partial charge in [0.05, 0.1) is 6.10 Å². The summed E-state index contributed by atoms with van der Waals surface area (Å²) in [6, 6.07) is 14.4. The molecule has 0 spiro atoms. The van der Waals surface area contributed by atoms with Crippen LogP contribution in [0.2, 0.25) is 0 Å². The largest absolute Gasteiger partial charge is 0.386 e. The summed E-state index contributed by atoms with van der Waals surface area (Å²) < 4.78 is 13.4. The first-order valence-corrected chi connectivity index (χ1v) is 6.19. The molecule has 1 unspecified atom stereocenters. The minimum atomic E-state index is -1.09. The van der Waals surface area contributed by atoms with Crippen molar-refractivity contribution in [1.82, 2.24) is 5.32 Å². The molecule has 20 heavy (non-hydrogen) atoms. The fourth-order valence-electron chi connectivity index (χ4n) is 1.74. The zero-order valence-corrected chi connectivity index (χ0v) is 10.7. The number of aliphatic hydroxyl groups excluding tert-OH is 1. The molecule has 3 N–H and O–H groups in total. The molecular formula is C15H15FN2O2. The topological polar surface area (TPSA) is 61.4 Å². The monoisotopic (exact) mass is 274 g/mol. The molecule has 0 aliphatic carbocycles. The number of carbonyl (C=O) groups excluding carboxylic acids is 1. The van der Waals surface area contributed by atoms with E-state index < -0.39 is 18.0 Å². The second-order valence-electron chi connectivity index (χ2n) is 4.24. The van der Waals surface area contributed by atoms with E-state index in [1.807, 2.05) is 6.07 Å². The lowest BCUT2D eigenvalue weighted by Crippen LogP contribution is -2.32. The van der Waals surface area contributed by atoms with Crippen LogP contribution in [0.25, 0.3) is 0 Å². The number of aliphatic hydroxyl groups is 1. The highest BCUT2D eigenvalue weighted by molar-refractivity contribution is 5.89. The van der Waals surface area contributed by atoms with Crippen molar-refractivity contribution >= 4 is 11.7 Å². The van der Waals surface area contributed by atoms with E-state index in [9.17, 15) is 14.3 Å². The fraction of sp³-hybridized carbons (Fsp3) is 0.133. The Morgan fingerprint density at radius 3 is 2.45 bits per heavy atom. The molecule has 0 saturated heterocycles. The van der Waals surface area contributed by atoms with Gasteiger partial charge in [0.15, 0.2) is 0 Å². The smallest absolute Gasteiger partial charge is 0.319 e. The van der Waals surface area contributed by atoms with Gasteiger partial charge in [-0.15, -0.1) is 0 Å². The highest BCUT2D eigenvalue weighted by Crippen LogP contribution is 2.15. The number of hydrogen-bond acceptors (Lipinski definition) is 2. The van der Waals surface area contributed by atoms with Crippen molar-refractivity contribution in [2.45, 2.75) is 6.10 Å². The number of para-hydroxylation sites is 1. The van der Waals surface area contributed by atoms with E-state index >= 15 is 0 Å². The number of nitrogens with one attached hydrogen (secondary N) is 2. The average Bonchev–Trinajstić information content (AvgIpc) is 2.46. The van der Waals surface area contributed by atoms with Gasteiger partial charge in [-0.1, -0.05) is 36.4 Å². The maximum absolute atomic E-state index is 13.4. The molecular weight excluding hydrogens is 259 g/mol. The third kappa shape index (κ3) is 3.80. The van der Waals surface area contributed by atoms with Crippen LogP contribution in [0.15, 0.2) is 54.6 Å². The molecule has 0 aromatic heterocycles. The van der Waals surface area contributed by atoms with Crippen LogP contribution in [0.4, 0.5) is 14.9 Å². The number of amides is 2. The predicted molar refractivity (Wildman–Crippen MR) is 74.8 cm³/mol. The highest BCUT2D eigenvalue weighted by atomic mass is 19.1. The molecule has 4 nitrogen and oxygen atoms in total. The van der Waals surface area contributed by atoms with Crippen LogP contribution in [0.5, 0.6) is 0 Å². The van der Waals surface area contributed by atoms with Crippen LogP contribution in [0.1, 0.15) is 11.7 Å². The van der Waals surface area contributed by atoms with E-state index in [2.05, 4.69) is 10.6 Å². The standard InChI is InChI=1S/C15H15FN2O2/c16-13-9-5-4-8-12(13)14(19)10-17-15(20)18-11-6-2-1-3-7-11/h1-9,14,19H,10H2,(H2,17,18,20). The maximum Gasteiger partial charge on any atom is 0.319 e. The summed E-state index contributed by atoms with van der Waals surface area (Å²) in [5.74, 6) is -0.495. The molecule has 5 heteroatoms. The van der Waals surface area contributed by atoms with Crippen molar-refractivity contribution in [2.75, 3.05) is 11.9 Å². The van der Waals surface area contributed by atoms with Crippen molar-refractivity contribution in [2.24, 2.45) is 0 Å². The van der Waals surface area contributed by atoms with Gasteiger partial charge in [-0.05, 0) is 18.2 Å². The van der Waals surface area contributed by atoms with E-state index in [1.165, 1.54) is 12.1 Å². The molecule has 0 saturated carbocycles. The second-order valence-corrected chi connectivity index (χ2v) is 4.24. The molecule has 0 heterocycles. The molecule has 104 valence electrons. The van der Waals surface area contributed by atoms with Crippen LogP contribution in [-0.4, -0.2) is 17.7 Å². The second kappa shape index (κ2) is 6.68. The van der Waals surface area contributed by atoms with Gasteiger partial charge in [0.1, 0.15) is 5.82 Å². The summed E-state index contributed by atoms with van der Waals surface area (Å²) >= 11 is 0. The van der Waals surface area contributed by atoms with Crippen molar-refractivity contribution in [3.8, 4) is 0 Å². The molecule has 0 fully saturated rings. The lowest BCUT2D eigenvalue weighted by atomic mass is 10.1. The molecule has 2 aromatic carbocycles. The predicted octanol–water partition coefficient (Wildman–Crippen LogP) is 2.68. The Bertz CT molecular complexity index is 575. The first kappa shape index (κ1) is 14.0. The van der Waals surface area contributed by atoms with E-state index in [0.29, 0.717) is 5.69 Å². The van der Waals surface area contributed by atoms with Crippen molar-refractivity contribution in [3.63, 3.8) is 0 Å². The number of rotatable bonds is 4. The maximum atomic E-state index is 13.4. The molecule has 0 radical (unpaired) electrons. The Morgan fingerprint density at radius 1 is 1.10 bits per heavy atom. The molecule has 2 rings (SSSR count). The van der Waals surface area contributed by atoms with Crippen molar-refractivity contribution in [1.29, 1.82) is 0 Å². The minimum absolute atomic E-state index is 0.0698. The van der Waals surface area contributed by atoms with E-state index in [4.69, 9.17) is 0 Å². The zero-order valence-electron chi connectivity index (χ0n) is 10.7. The highest BCUT2D eigenvalue weighted by Gasteiger charge is 2.13. The molecule has 0 bridgehead atoms. The molecule has 2 amide bonds. The van der Waals surface area contributed by atoms with Crippen LogP contribution >= 0.6 is 0 Å². The van der Waals surface area contributed by atoms with Crippen LogP contribution in [0, 0.1) is 5.82 Å². The van der Waals surface area contributed by atoms with Gasteiger partial charge in [0.2, 0.25) is 0 Å². The normalized spacial score (nSPS) is 11.7. The third-order valence-electron chi connectivity index (χ3n) is 2.75. The van der Waals surface area contributed by atoms with Gasteiger partial charge in [-0.25, -0.2) is 9.18 Å². The first-order chi connectivity index (χ1) is 9.66. The summed E-state index contributed by atoms with van der Waals surface area (Å²) in [6.45, 7) is -0.0698. The van der Waals surface area contributed by atoms with Crippen LogP contribution in [0.3, 0.4) is 0 Å². The zero-order chi connectivity index (χ0) is 14.4. The van der Waals surface area contributed by atoms with E-state index in [-0.39, 0.29) is 12.1 Å². The molecule has 0 aliphatic heterocycles. The Balaban J connectivity index is 1.86. The van der Waals surface area contributed by atoms with Crippen molar-refractivity contribution < 1.29 is 14.3 Å². The quantitative estimate of drug-likeness (QED) is 0.802. The Morgan fingerprint density at radius 2 is 1.75 bits per heavy atom. The van der Waals surface area contributed by atoms with Crippen LogP contribution in [-0.2, 0) is 0 Å². The SMILES string of the molecule is O=C(NCC(O)c1ccccc1F)Nc1ccccc1. The number of benzene rings is 2. The van der Waals surface area contributed by atoms with Gasteiger partial charge in [-0.2, -0.15) is 0 Å². The Hall–Kier alpha value is -2.40. The summed E-state index contributed by atoms with van der Waals surface area (Å²) in [5, 5.41) is 14.9. The Kier molecular flexibility index (Phi) is 4.68. The van der Waals surface area contributed by atoms with Gasteiger partial charge in [0, 0.05) is 17.8 Å². The summed E-state index contributed by atoms with van der Waals surface area (Å²) in [6.07, 6.45) is -1.09. The number of urea groups is 1. The number of halogens is 1. The van der Waals surface area contributed by atoms with Gasteiger partial charge >= 0.3 is 6.03 Å². The first-order valence-electron chi connectivity index (χ1n) is 6.19. The molecule has 2 aromatic rings. The van der Waals surface area contributed by atoms with Crippen LogP contribution < -0.4 is 10.6 Å². The lowest BCUT2D eigenvalue weighted by molar-refractivity contribution is 0.170. The number of carbonyl (C=O) groups is 1. The Labute approximate surface area is 116 Å². The van der Waals surface area contributed by atoms with Crippen molar-refractivity contribution in [3.05, 3.63) is 66.0 Å². The van der Waals surface area contributed by atoms with E-state index in [0.717, 1.165) is 0 Å². The third-order valence-corrected chi connectivity index (χ3v) is 2.75. The summed E-state index contributed by atoms with van der Waals surface area (Å²) in [5.41, 5.74) is 0.804. The molecule has 1 atom stereocenters.